The molecule has 1 aliphatic heterocycles. The van der Waals surface area contributed by atoms with E-state index in [4.69, 9.17) is 0 Å². The fourth-order valence-corrected chi connectivity index (χ4v) is 2.90. The molecule has 6 nitrogen and oxygen atoms in total. The van der Waals surface area contributed by atoms with Crippen LogP contribution in [-0.4, -0.2) is 50.1 Å². The maximum Gasteiger partial charge on any atom is 0.255 e. The molecular weight excluding hydrogens is 278 g/mol. The lowest BCUT2D eigenvalue weighted by Crippen LogP contribution is -2.43. The summed E-state index contributed by atoms with van der Waals surface area (Å²) in [6.45, 7) is 1.68. The van der Waals surface area contributed by atoms with E-state index in [1.807, 2.05) is 0 Å². The highest BCUT2D eigenvalue weighted by Gasteiger charge is 2.25. The Morgan fingerprint density at radius 1 is 1.55 bits per heavy atom. The molecule has 0 saturated carbocycles. The zero-order chi connectivity index (χ0) is 14.6. The SMILES string of the molecule is CS(=O)(=O)NC[C@H]1CCCN(C(=O)c2cccnc2)C1. The standard InChI is InChI=1S/C13H19N3O3S/c1-20(18,19)15-8-11-4-3-7-16(10-11)13(17)12-5-2-6-14-9-12/h2,5-6,9,11,15H,3-4,7-8,10H2,1H3/t11-/m1/s1. The Kier molecular flexibility index (Phi) is 4.72. The van der Waals surface area contributed by atoms with Crippen LogP contribution >= 0.6 is 0 Å². The lowest BCUT2D eigenvalue weighted by Gasteiger charge is -2.32. The first-order valence-electron chi connectivity index (χ1n) is 6.59. The van der Waals surface area contributed by atoms with Crippen molar-refractivity contribution in [2.75, 3.05) is 25.9 Å². The van der Waals surface area contributed by atoms with E-state index in [9.17, 15) is 13.2 Å². The second kappa shape index (κ2) is 6.32. The molecule has 1 aliphatic rings. The van der Waals surface area contributed by atoms with Crippen LogP contribution in [0.3, 0.4) is 0 Å². The van der Waals surface area contributed by atoms with Crippen LogP contribution in [0.15, 0.2) is 24.5 Å². The Labute approximate surface area is 119 Å². The second-order valence-electron chi connectivity index (χ2n) is 5.12. The lowest BCUT2D eigenvalue weighted by molar-refractivity contribution is 0.0676. The lowest BCUT2D eigenvalue weighted by atomic mass is 9.98. The number of hydrogen-bond acceptors (Lipinski definition) is 4. The van der Waals surface area contributed by atoms with Gasteiger partial charge in [-0.1, -0.05) is 0 Å². The van der Waals surface area contributed by atoms with Gasteiger partial charge in [0.15, 0.2) is 0 Å². The molecule has 1 atom stereocenters. The molecule has 0 spiro atoms. The smallest absolute Gasteiger partial charge is 0.255 e. The van der Waals surface area contributed by atoms with E-state index in [0.29, 0.717) is 25.2 Å². The molecule has 1 aromatic rings. The quantitative estimate of drug-likeness (QED) is 0.877. The van der Waals surface area contributed by atoms with Gasteiger partial charge in [-0.3, -0.25) is 9.78 Å². The molecule has 110 valence electrons. The van der Waals surface area contributed by atoms with Gasteiger partial charge < -0.3 is 4.90 Å². The first kappa shape index (κ1) is 14.9. The summed E-state index contributed by atoms with van der Waals surface area (Å²) in [5, 5.41) is 0. The normalized spacial score (nSPS) is 19.9. The molecule has 1 amide bonds. The van der Waals surface area contributed by atoms with Gasteiger partial charge in [-0.15, -0.1) is 0 Å². The van der Waals surface area contributed by atoms with Crippen LogP contribution in [-0.2, 0) is 10.0 Å². The van der Waals surface area contributed by atoms with Gasteiger partial charge >= 0.3 is 0 Å². The van der Waals surface area contributed by atoms with Gasteiger partial charge in [-0.25, -0.2) is 13.1 Å². The number of piperidine rings is 1. The summed E-state index contributed by atoms with van der Waals surface area (Å²) >= 11 is 0. The Bertz CT molecular complexity index is 559. The monoisotopic (exact) mass is 297 g/mol. The molecule has 2 heterocycles. The average Bonchev–Trinajstić information content (AvgIpc) is 2.45. The largest absolute Gasteiger partial charge is 0.338 e. The highest BCUT2D eigenvalue weighted by atomic mass is 32.2. The summed E-state index contributed by atoms with van der Waals surface area (Å²) in [6.07, 6.45) is 6.16. The van der Waals surface area contributed by atoms with Crippen molar-refractivity contribution in [2.45, 2.75) is 12.8 Å². The average molecular weight is 297 g/mol. The van der Waals surface area contributed by atoms with E-state index in [0.717, 1.165) is 19.1 Å². The van der Waals surface area contributed by atoms with Crippen LogP contribution in [0.2, 0.25) is 0 Å². The van der Waals surface area contributed by atoms with Crippen LogP contribution < -0.4 is 4.72 Å². The fourth-order valence-electron chi connectivity index (χ4n) is 2.36. The first-order chi connectivity index (χ1) is 9.46. The minimum absolute atomic E-state index is 0.0397. The number of aromatic nitrogens is 1. The van der Waals surface area contributed by atoms with E-state index in [-0.39, 0.29) is 11.8 Å². The molecule has 1 N–H and O–H groups in total. The van der Waals surface area contributed by atoms with Crippen LogP contribution in [0.25, 0.3) is 0 Å². The van der Waals surface area contributed by atoms with E-state index < -0.39 is 10.0 Å². The predicted molar refractivity (Wildman–Crippen MR) is 75.7 cm³/mol. The van der Waals surface area contributed by atoms with Crippen molar-refractivity contribution in [1.29, 1.82) is 0 Å². The molecule has 1 saturated heterocycles. The van der Waals surface area contributed by atoms with Gasteiger partial charge in [-0.2, -0.15) is 0 Å². The van der Waals surface area contributed by atoms with Crippen LogP contribution in [0, 0.1) is 5.92 Å². The number of hydrogen-bond donors (Lipinski definition) is 1. The van der Waals surface area contributed by atoms with Gasteiger partial charge in [0, 0.05) is 32.0 Å². The molecule has 1 fully saturated rings. The van der Waals surface area contributed by atoms with Crippen molar-refractivity contribution in [2.24, 2.45) is 5.92 Å². The maximum absolute atomic E-state index is 12.3. The number of nitrogens with one attached hydrogen (secondary N) is 1. The van der Waals surface area contributed by atoms with Gasteiger partial charge in [0.1, 0.15) is 0 Å². The first-order valence-corrected chi connectivity index (χ1v) is 8.49. The third kappa shape index (κ3) is 4.28. The second-order valence-corrected chi connectivity index (χ2v) is 6.95. The number of nitrogens with zero attached hydrogens (tertiary/aromatic N) is 2. The zero-order valence-electron chi connectivity index (χ0n) is 11.4. The Hall–Kier alpha value is -1.47. The summed E-state index contributed by atoms with van der Waals surface area (Å²) in [5.41, 5.74) is 0.573. The van der Waals surface area contributed by atoms with Gasteiger partial charge in [0.25, 0.3) is 5.91 Å². The summed E-state index contributed by atoms with van der Waals surface area (Å²) < 4.78 is 24.7. The Morgan fingerprint density at radius 3 is 3.00 bits per heavy atom. The van der Waals surface area contributed by atoms with E-state index >= 15 is 0 Å². The molecule has 0 aliphatic carbocycles. The molecule has 0 bridgehead atoms. The van der Waals surface area contributed by atoms with Crippen molar-refractivity contribution in [3.05, 3.63) is 30.1 Å². The highest BCUT2D eigenvalue weighted by molar-refractivity contribution is 7.88. The molecule has 7 heteroatoms. The van der Waals surface area contributed by atoms with E-state index in [2.05, 4.69) is 9.71 Å². The molecule has 20 heavy (non-hydrogen) atoms. The predicted octanol–water partition coefficient (Wildman–Crippen LogP) is 0.483. The molecular formula is C13H19N3O3S. The van der Waals surface area contributed by atoms with Gasteiger partial charge in [0.2, 0.25) is 10.0 Å². The molecule has 0 aromatic carbocycles. The number of pyridine rings is 1. The fraction of sp³-hybridized carbons (Fsp3) is 0.538. The van der Waals surface area contributed by atoms with Crippen molar-refractivity contribution < 1.29 is 13.2 Å². The van der Waals surface area contributed by atoms with E-state index in [1.165, 1.54) is 0 Å². The minimum Gasteiger partial charge on any atom is -0.338 e. The molecule has 2 rings (SSSR count). The van der Waals surface area contributed by atoms with Crippen LogP contribution in [0.5, 0.6) is 0 Å². The summed E-state index contributed by atoms with van der Waals surface area (Å²) in [6, 6.07) is 3.48. The third-order valence-electron chi connectivity index (χ3n) is 3.35. The summed E-state index contributed by atoms with van der Waals surface area (Å²) in [7, 11) is -3.18. The highest BCUT2D eigenvalue weighted by Crippen LogP contribution is 2.18. The number of carbonyl (C=O) groups is 1. The zero-order valence-corrected chi connectivity index (χ0v) is 12.3. The number of sulfonamides is 1. The number of likely N-dealkylation sites (tertiary alicyclic amines) is 1. The summed E-state index contributed by atoms with van der Waals surface area (Å²) in [4.78, 5) is 18.0. The molecule has 1 aromatic heterocycles. The molecule has 0 unspecified atom stereocenters. The number of amides is 1. The Balaban J connectivity index is 1.95. The number of carbonyl (C=O) groups excluding carboxylic acids is 1. The maximum atomic E-state index is 12.3. The van der Waals surface area contributed by atoms with Crippen molar-refractivity contribution >= 4 is 15.9 Å². The van der Waals surface area contributed by atoms with Crippen LogP contribution in [0.1, 0.15) is 23.2 Å². The minimum atomic E-state index is -3.18. The van der Waals surface area contributed by atoms with Crippen molar-refractivity contribution in [1.82, 2.24) is 14.6 Å². The van der Waals surface area contributed by atoms with Crippen LogP contribution in [0.4, 0.5) is 0 Å². The molecule has 0 radical (unpaired) electrons. The van der Waals surface area contributed by atoms with Gasteiger partial charge in [-0.05, 0) is 30.9 Å². The number of rotatable bonds is 4. The van der Waals surface area contributed by atoms with Gasteiger partial charge in [0.05, 0.1) is 11.8 Å². The topological polar surface area (TPSA) is 79.4 Å². The van der Waals surface area contributed by atoms with Crippen molar-refractivity contribution in [3.63, 3.8) is 0 Å². The van der Waals surface area contributed by atoms with Crippen molar-refractivity contribution in [3.8, 4) is 0 Å². The third-order valence-corrected chi connectivity index (χ3v) is 4.04. The Morgan fingerprint density at radius 2 is 2.35 bits per heavy atom. The van der Waals surface area contributed by atoms with E-state index in [1.54, 1.807) is 29.4 Å². The summed E-state index contributed by atoms with van der Waals surface area (Å²) in [5.74, 6) is 0.126.